The highest BCUT2D eigenvalue weighted by molar-refractivity contribution is 6.30. The number of halogens is 2. The summed E-state index contributed by atoms with van der Waals surface area (Å²) >= 11 is 5.93. The number of rotatable bonds is 5. The first-order chi connectivity index (χ1) is 14.1. The molecule has 0 saturated heterocycles. The summed E-state index contributed by atoms with van der Waals surface area (Å²) < 4.78 is 15.2. The number of fused-ring (bicyclic) bond motifs is 1. The predicted molar refractivity (Wildman–Crippen MR) is 111 cm³/mol. The van der Waals surface area contributed by atoms with E-state index in [1.807, 2.05) is 16.7 Å². The third kappa shape index (κ3) is 4.35. The molecule has 0 unspecified atom stereocenters. The van der Waals surface area contributed by atoms with Gasteiger partial charge in [0.25, 0.3) is 0 Å². The second kappa shape index (κ2) is 8.28. The van der Waals surface area contributed by atoms with Crippen molar-refractivity contribution in [3.63, 3.8) is 0 Å². The van der Waals surface area contributed by atoms with Gasteiger partial charge in [-0.05, 0) is 54.6 Å². The Bertz CT molecular complexity index is 1160. The molecule has 2 aromatic carbocycles. The zero-order chi connectivity index (χ0) is 20.2. The van der Waals surface area contributed by atoms with Crippen molar-refractivity contribution in [1.29, 1.82) is 0 Å². The SMILES string of the molecule is O=C(NCCn1c(-c2ccc(F)cc2)nc2cccnc21)Nc1cccc(Cl)c1. The summed E-state index contributed by atoms with van der Waals surface area (Å²) in [5.74, 6) is 0.352. The van der Waals surface area contributed by atoms with E-state index in [1.54, 1.807) is 42.6 Å². The van der Waals surface area contributed by atoms with E-state index in [1.165, 1.54) is 12.1 Å². The number of nitrogens with zero attached hydrogens (tertiary/aromatic N) is 3. The number of nitrogens with one attached hydrogen (secondary N) is 2. The lowest BCUT2D eigenvalue weighted by atomic mass is 10.2. The number of anilines is 1. The summed E-state index contributed by atoms with van der Waals surface area (Å²) in [7, 11) is 0. The predicted octanol–water partition coefficient (Wildman–Crippen LogP) is 4.71. The van der Waals surface area contributed by atoms with Gasteiger partial charge < -0.3 is 15.2 Å². The van der Waals surface area contributed by atoms with Gasteiger partial charge in [-0.3, -0.25) is 0 Å². The molecule has 2 heterocycles. The molecule has 0 atom stereocenters. The molecule has 6 nitrogen and oxygen atoms in total. The van der Waals surface area contributed by atoms with Crippen LogP contribution in [0.3, 0.4) is 0 Å². The van der Waals surface area contributed by atoms with Gasteiger partial charge in [-0.2, -0.15) is 0 Å². The Labute approximate surface area is 171 Å². The molecule has 2 N–H and O–H groups in total. The van der Waals surface area contributed by atoms with Gasteiger partial charge in [0.15, 0.2) is 5.65 Å². The van der Waals surface area contributed by atoms with E-state index in [9.17, 15) is 9.18 Å². The highest BCUT2D eigenvalue weighted by atomic mass is 35.5. The molecule has 0 saturated carbocycles. The molecule has 2 aromatic heterocycles. The molecule has 29 heavy (non-hydrogen) atoms. The fourth-order valence-corrected chi connectivity index (χ4v) is 3.20. The van der Waals surface area contributed by atoms with Gasteiger partial charge in [0.1, 0.15) is 17.2 Å². The van der Waals surface area contributed by atoms with Crippen molar-refractivity contribution >= 4 is 34.5 Å². The van der Waals surface area contributed by atoms with Crippen LogP contribution in [0.5, 0.6) is 0 Å². The molecule has 0 fully saturated rings. The van der Waals surface area contributed by atoms with Gasteiger partial charge in [0.2, 0.25) is 0 Å². The van der Waals surface area contributed by atoms with Crippen LogP contribution in [0.15, 0.2) is 66.9 Å². The number of carbonyl (C=O) groups excluding carboxylic acids is 1. The Hall–Kier alpha value is -3.45. The second-order valence-corrected chi connectivity index (χ2v) is 6.77. The third-order valence-corrected chi connectivity index (χ3v) is 4.54. The number of pyridine rings is 1. The quantitative estimate of drug-likeness (QED) is 0.501. The lowest BCUT2D eigenvalue weighted by Gasteiger charge is -2.11. The smallest absolute Gasteiger partial charge is 0.319 e. The zero-order valence-corrected chi connectivity index (χ0v) is 16.0. The Morgan fingerprint density at radius 2 is 1.93 bits per heavy atom. The number of aromatic nitrogens is 3. The minimum absolute atomic E-state index is 0.311. The molecule has 0 aliphatic carbocycles. The molecule has 4 rings (SSSR count). The average molecular weight is 410 g/mol. The molecule has 0 bridgehead atoms. The van der Waals surface area contributed by atoms with Crippen molar-refractivity contribution in [3.8, 4) is 11.4 Å². The number of hydrogen-bond acceptors (Lipinski definition) is 3. The van der Waals surface area contributed by atoms with E-state index in [0.29, 0.717) is 35.3 Å². The molecular weight excluding hydrogens is 393 g/mol. The van der Waals surface area contributed by atoms with Gasteiger partial charge in [-0.15, -0.1) is 0 Å². The first-order valence-electron chi connectivity index (χ1n) is 8.98. The van der Waals surface area contributed by atoms with Gasteiger partial charge >= 0.3 is 6.03 Å². The van der Waals surface area contributed by atoms with Crippen LogP contribution in [-0.2, 0) is 6.54 Å². The maximum Gasteiger partial charge on any atom is 0.319 e. The van der Waals surface area contributed by atoms with Gasteiger partial charge in [-0.25, -0.2) is 19.2 Å². The molecule has 0 aliphatic heterocycles. The number of hydrogen-bond donors (Lipinski definition) is 2. The van der Waals surface area contributed by atoms with E-state index in [0.717, 1.165) is 11.1 Å². The van der Waals surface area contributed by atoms with Crippen molar-refractivity contribution in [2.75, 3.05) is 11.9 Å². The molecule has 2 amide bonds. The minimum Gasteiger partial charge on any atom is -0.336 e. The minimum atomic E-state index is -0.340. The van der Waals surface area contributed by atoms with Crippen molar-refractivity contribution in [2.24, 2.45) is 0 Å². The highest BCUT2D eigenvalue weighted by Gasteiger charge is 2.14. The lowest BCUT2D eigenvalue weighted by molar-refractivity contribution is 0.251. The summed E-state index contributed by atoms with van der Waals surface area (Å²) in [6.07, 6.45) is 1.69. The van der Waals surface area contributed by atoms with Gasteiger partial charge in [0, 0.05) is 35.6 Å². The Kier molecular flexibility index (Phi) is 5.39. The van der Waals surface area contributed by atoms with Crippen LogP contribution < -0.4 is 10.6 Å². The topological polar surface area (TPSA) is 71.8 Å². The monoisotopic (exact) mass is 409 g/mol. The second-order valence-electron chi connectivity index (χ2n) is 6.33. The zero-order valence-electron chi connectivity index (χ0n) is 15.3. The van der Waals surface area contributed by atoms with E-state index < -0.39 is 0 Å². The van der Waals surface area contributed by atoms with Crippen molar-refractivity contribution < 1.29 is 9.18 Å². The van der Waals surface area contributed by atoms with Crippen LogP contribution in [0, 0.1) is 5.82 Å². The first kappa shape index (κ1) is 18.9. The van der Waals surface area contributed by atoms with Gasteiger partial charge in [0.05, 0.1) is 0 Å². The summed E-state index contributed by atoms with van der Waals surface area (Å²) in [6, 6.07) is 16.4. The van der Waals surface area contributed by atoms with Crippen LogP contribution >= 0.6 is 11.6 Å². The van der Waals surface area contributed by atoms with Gasteiger partial charge in [-0.1, -0.05) is 17.7 Å². The van der Waals surface area contributed by atoms with E-state index in [4.69, 9.17) is 11.6 Å². The standard InChI is InChI=1S/C21H17ClFN5O/c22-15-3-1-4-17(13-15)26-21(29)25-11-12-28-19(14-6-8-16(23)9-7-14)27-18-5-2-10-24-20(18)28/h1-10,13H,11-12H2,(H2,25,26,29). The van der Waals surface area contributed by atoms with Crippen LogP contribution in [0.4, 0.5) is 14.9 Å². The van der Waals surface area contributed by atoms with Crippen molar-refractivity contribution in [2.45, 2.75) is 6.54 Å². The largest absolute Gasteiger partial charge is 0.336 e. The molecule has 0 radical (unpaired) electrons. The van der Waals surface area contributed by atoms with Crippen LogP contribution in [0.1, 0.15) is 0 Å². The number of amides is 2. The normalized spacial score (nSPS) is 10.8. The number of imidazole rings is 1. The third-order valence-electron chi connectivity index (χ3n) is 4.31. The Morgan fingerprint density at radius 3 is 2.72 bits per heavy atom. The Morgan fingerprint density at radius 1 is 1.10 bits per heavy atom. The molecule has 146 valence electrons. The molecule has 8 heteroatoms. The number of urea groups is 1. The number of carbonyl (C=O) groups is 1. The van der Waals surface area contributed by atoms with Crippen molar-refractivity contribution in [3.05, 3.63) is 77.7 Å². The average Bonchev–Trinajstić information content (AvgIpc) is 3.07. The first-order valence-corrected chi connectivity index (χ1v) is 9.35. The number of benzene rings is 2. The fourth-order valence-electron chi connectivity index (χ4n) is 3.01. The molecule has 4 aromatic rings. The molecule has 0 spiro atoms. The lowest BCUT2D eigenvalue weighted by Crippen LogP contribution is -2.31. The van der Waals surface area contributed by atoms with E-state index in [-0.39, 0.29) is 11.8 Å². The summed E-state index contributed by atoms with van der Waals surface area (Å²) in [5.41, 5.74) is 2.81. The van der Waals surface area contributed by atoms with Crippen molar-refractivity contribution in [1.82, 2.24) is 19.9 Å². The molecular formula is C21H17ClFN5O. The maximum absolute atomic E-state index is 13.3. The van der Waals surface area contributed by atoms with Crippen LogP contribution in [0.2, 0.25) is 5.02 Å². The van der Waals surface area contributed by atoms with E-state index >= 15 is 0 Å². The summed E-state index contributed by atoms with van der Waals surface area (Å²) in [6.45, 7) is 0.797. The highest BCUT2D eigenvalue weighted by Crippen LogP contribution is 2.23. The molecule has 0 aliphatic rings. The maximum atomic E-state index is 13.3. The van der Waals surface area contributed by atoms with E-state index in [2.05, 4.69) is 20.6 Å². The van der Waals surface area contributed by atoms with Crippen LogP contribution in [0.25, 0.3) is 22.6 Å². The summed E-state index contributed by atoms with van der Waals surface area (Å²) in [5, 5.41) is 6.09. The fraction of sp³-hybridized carbons (Fsp3) is 0.0952. The summed E-state index contributed by atoms with van der Waals surface area (Å²) in [4.78, 5) is 21.2. The van der Waals surface area contributed by atoms with Crippen LogP contribution in [-0.4, -0.2) is 27.1 Å². The Balaban J connectivity index is 1.50.